The summed E-state index contributed by atoms with van der Waals surface area (Å²) in [5.41, 5.74) is 9.43. The number of ether oxygens (including phenoxy) is 1. The Morgan fingerprint density at radius 1 is 1.13 bits per heavy atom. The topological polar surface area (TPSA) is 181 Å². The first-order chi connectivity index (χ1) is 18.3. The molecule has 3 aromatic rings. The molecule has 5 N–H and O–H groups in total. The summed E-state index contributed by atoms with van der Waals surface area (Å²) in [4.78, 5) is 39.8. The fourth-order valence-electron chi connectivity index (χ4n) is 4.16. The molecule has 206 valence electrons. The van der Waals surface area contributed by atoms with Crippen LogP contribution >= 0.6 is 0 Å². The maximum Gasteiger partial charge on any atom is 0.410 e. The lowest BCUT2D eigenvalue weighted by Gasteiger charge is -2.38. The third-order valence-electron chi connectivity index (χ3n) is 5.92. The van der Waals surface area contributed by atoms with Crippen molar-refractivity contribution in [1.82, 2.24) is 24.5 Å². The number of nitriles is 1. The number of nitrogens with zero attached hydrogens (tertiary/aromatic N) is 7. The maximum absolute atomic E-state index is 14.8. The summed E-state index contributed by atoms with van der Waals surface area (Å²) in [7, 11) is 0. The molecule has 2 aromatic heterocycles. The first kappa shape index (κ1) is 27.3. The summed E-state index contributed by atoms with van der Waals surface area (Å²) in [6.45, 7) is 7.59. The SMILES string of the molecule is CC(Nc1nc(N)nc(N)c1C#N)c1nc2c(F)ccc(F)c2c(=O)n1N1CCN(C(=O)OC(C)(C)C)CC1. The van der Waals surface area contributed by atoms with Crippen molar-refractivity contribution in [2.45, 2.75) is 39.3 Å². The van der Waals surface area contributed by atoms with E-state index in [0.29, 0.717) is 0 Å². The lowest BCUT2D eigenvalue weighted by atomic mass is 10.2. The van der Waals surface area contributed by atoms with Crippen molar-refractivity contribution in [1.29, 1.82) is 5.26 Å². The van der Waals surface area contributed by atoms with Gasteiger partial charge in [0.15, 0.2) is 11.6 Å². The second kappa shape index (κ2) is 10.2. The van der Waals surface area contributed by atoms with Crippen LogP contribution in [0, 0.1) is 23.0 Å². The first-order valence-electron chi connectivity index (χ1n) is 12.0. The Kier molecular flexibility index (Phi) is 7.14. The number of carbonyl (C=O) groups excluding carboxylic acids is 1. The number of carbonyl (C=O) groups is 1. The number of nitrogens with one attached hydrogen (secondary N) is 1. The van der Waals surface area contributed by atoms with Crippen LogP contribution in [0.4, 0.5) is 31.2 Å². The molecule has 4 rings (SSSR count). The van der Waals surface area contributed by atoms with Crippen molar-refractivity contribution in [3.8, 4) is 6.07 Å². The highest BCUT2D eigenvalue weighted by Crippen LogP contribution is 2.25. The number of fused-ring (bicyclic) bond motifs is 1. The molecule has 13 nitrogen and oxygen atoms in total. The second-order valence-electron chi connectivity index (χ2n) is 9.93. The minimum absolute atomic E-state index is 0.00219. The highest BCUT2D eigenvalue weighted by atomic mass is 19.1. The van der Waals surface area contributed by atoms with Gasteiger partial charge < -0.3 is 31.4 Å². The standard InChI is InChI=1S/C24H28F2N10O3/c1-12(30-19-13(11-27)18(28)32-22(29)33-19)20-31-17-15(26)6-5-14(25)16(17)21(37)36(20)35-9-7-34(8-10-35)23(38)39-24(2,3)4/h5-6,12H,7-10H2,1-4H3,(H5,28,29,30,32,33). The Morgan fingerprint density at radius 2 is 1.77 bits per heavy atom. The van der Waals surface area contributed by atoms with Crippen molar-refractivity contribution < 1.29 is 18.3 Å². The molecular formula is C24H28F2N10O3. The van der Waals surface area contributed by atoms with Crippen LogP contribution in [-0.4, -0.2) is 62.4 Å². The van der Waals surface area contributed by atoms with Crippen LogP contribution in [0.5, 0.6) is 0 Å². The van der Waals surface area contributed by atoms with E-state index in [1.165, 1.54) is 4.90 Å². The number of amides is 1. The van der Waals surface area contributed by atoms with E-state index >= 15 is 0 Å². The number of halogens is 2. The van der Waals surface area contributed by atoms with Crippen LogP contribution in [0.25, 0.3) is 10.9 Å². The predicted octanol–water partition coefficient (Wildman–Crippen LogP) is 1.86. The molecule has 39 heavy (non-hydrogen) atoms. The monoisotopic (exact) mass is 542 g/mol. The molecule has 1 unspecified atom stereocenters. The van der Waals surface area contributed by atoms with Crippen LogP contribution in [0.2, 0.25) is 0 Å². The molecule has 1 aliphatic heterocycles. The van der Waals surface area contributed by atoms with E-state index in [2.05, 4.69) is 20.3 Å². The third kappa shape index (κ3) is 5.44. The number of rotatable bonds is 4. The summed E-state index contributed by atoms with van der Waals surface area (Å²) in [6.07, 6.45) is -0.502. The molecule has 1 aromatic carbocycles. The second-order valence-corrected chi connectivity index (χ2v) is 9.93. The summed E-state index contributed by atoms with van der Waals surface area (Å²) < 4.78 is 36.1. The molecule has 1 saturated heterocycles. The highest BCUT2D eigenvalue weighted by molar-refractivity contribution is 5.79. The normalized spacial score (nSPS) is 14.7. The van der Waals surface area contributed by atoms with Crippen molar-refractivity contribution >= 4 is 34.6 Å². The molecule has 1 amide bonds. The molecular weight excluding hydrogens is 514 g/mol. The molecule has 1 fully saturated rings. The number of benzene rings is 1. The van der Waals surface area contributed by atoms with Crippen LogP contribution < -0.4 is 27.4 Å². The van der Waals surface area contributed by atoms with Gasteiger partial charge in [-0.1, -0.05) is 0 Å². The quantitative estimate of drug-likeness (QED) is 0.438. The number of hydrogen-bond donors (Lipinski definition) is 3. The van der Waals surface area contributed by atoms with Gasteiger partial charge in [0.05, 0.1) is 19.1 Å². The fourth-order valence-corrected chi connectivity index (χ4v) is 4.16. The van der Waals surface area contributed by atoms with Crippen LogP contribution in [0.1, 0.15) is 45.1 Å². The van der Waals surface area contributed by atoms with Gasteiger partial charge in [0.25, 0.3) is 5.56 Å². The molecule has 1 aliphatic rings. The number of nitrogen functional groups attached to an aromatic ring is 2. The molecule has 0 radical (unpaired) electrons. The van der Waals surface area contributed by atoms with Crippen LogP contribution in [0.15, 0.2) is 16.9 Å². The van der Waals surface area contributed by atoms with Crippen molar-refractivity contribution in [3.63, 3.8) is 0 Å². The van der Waals surface area contributed by atoms with Gasteiger partial charge in [-0.2, -0.15) is 15.2 Å². The third-order valence-corrected chi connectivity index (χ3v) is 5.92. The van der Waals surface area contributed by atoms with Gasteiger partial charge >= 0.3 is 6.09 Å². The van der Waals surface area contributed by atoms with E-state index in [4.69, 9.17) is 16.2 Å². The molecule has 0 spiro atoms. The number of anilines is 3. The van der Waals surface area contributed by atoms with Crippen molar-refractivity contribution in [2.24, 2.45) is 0 Å². The maximum atomic E-state index is 14.8. The summed E-state index contributed by atoms with van der Waals surface area (Å²) in [5, 5.41) is 13.5. The van der Waals surface area contributed by atoms with E-state index in [1.54, 1.807) is 32.7 Å². The number of piperazine rings is 1. The molecule has 0 saturated carbocycles. The van der Waals surface area contributed by atoms with Gasteiger partial charge in [-0.15, -0.1) is 0 Å². The van der Waals surface area contributed by atoms with Gasteiger partial charge in [0.2, 0.25) is 5.95 Å². The zero-order valence-electron chi connectivity index (χ0n) is 21.8. The summed E-state index contributed by atoms with van der Waals surface area (Å²) in [6, 6.07) is 2.75. The fraction of sp³-hybridized carbons (Fsp3) is 0.417. The zero-order valence-corrected chi connectivity index (χ0v) is 21.8. The highest BCUT2D eigenvalue weighted by Gasteiger charge is 2.30. The molecule has 15 heteroatoms. The molecule has 0 bridgehead atoms. The van der Waals surface area contributed by atoms with Gasteiger partial charge in [-0.25, -0.2) is 23.2 Å². The molecule has 0 aliphatic carbocycles. The average molecular weight is 543 g/mol. The van der Waals surface area contributed by atoms with E-state index in [1.807, 2.05) is 6.07 Å². The van der Waals surface area contributed by atoms with Crippen LogP contribution in [-0.2, 0) is 4.74 Å². The minimum atomic E-state index is -0.930. The summed E-state index contributed by atoms with van der Waals surface area (Å²) >= 11 is 0. The van der Waals surface area contributed by atoms with Crippen molar-refractivity contribution in [2.75, 3.05) is 48.0 Å². The van der Waals surface area contributed by atoms with Gasteiger partial charge in [0.1, 0.15) is 45.6 Å². The lowest BCUT2D eigenvalue weighted by molar-refractivity contribution is 0.0231. The number of nitrogens with two attached hydrogens (primary N) is 2. The smallest absolute Gasteiger partial charge is 0.410 e. The Balaban J connectivity index is 1.77. The van der Waals surface area contributed by atoms with Crippen molar-refractivity contribution in [3.05, 3.63) is 45.5 Å². The number of hydrogen-bond acceptors (Lipinski definition) is 11. The minimum Gasteiger partial charge on any atom is -0.444 e. The zero-order chi connectivity index (χ0) is 28.6. The van der Waals surface area contributed by atoms with Gasteiger partial charge in [0, 0.05) is 13.1 Å². The van der Waals surface area contributed by atoms with Gasteiger partial charge in [-0.05, 0) is 39.8 Å². The Bertz CT molecular complexity index is 1540. The lowest BCUT2D eigenvalue weighted by Crippen LogP contribution is -2.57. The van der Waals surface area contributed by atoms with E-state index < -0.39 is 45.8 Å². The Hall–Kier alpha value is -4.74. The van der Waals surface area contributed by atoms with E-state index in [-0.39, 0.29) is 55.2 Å². The van der Waals surface area contributed by atoms with Gasteiger partial charge in [-0.3, -0.25) is 4.79 Å². The summed E-state index contributed by atoms with van der Waals surface area (Å²) in [5.74, 6) is -2.19. The molecule has 3 heterocycles. The Labute approximate surface area is 222 Å². The number of aromatic nitrogens is 4. The van der Waals surface area contributed by atoms with E-state index in [0.717, 1.165) is 16.8 Å². The predicted molar refractivity (Wildman–Crippen MR) is 139 cm³/mol. The largest absolute Gasteiger partial charge is 0.444 e. The van der Waals surface area contributed by atoms with Crippen LogP contribution in [0.3, 0.4) is 0 Å². The molecule has 1 atom stereocenters. The Morgan fingerprint density at radius 3 is 2.38 bits per heavy atom. The first-order valence-corrected chi connectivity index (χ1v) is 12.0. The average Bonchev–Trinajstić information content (AvgIpc) is 2.84. The van der Waals surface area contributed by atoms with E-state index in [9.17, 15) is 23.6 Å².